The predicted octanol–water partition coefficient (Wildman–Crippen LogP) is 1.21. The van der Waals surface area contributed by atoms with E-state index < -0.39 is 27.4 Å². The van der Waals surface area contributed by atoms with E-state index in [1.54, 1.807) is 25.1 Å². The average molecular weight is 283 g/mol. The number of rotatable bonds is 5. The smallest absolute Gasteiger partial charge is 0.321 e. The highest BCUT2D eigenvalue weighted by molar-refractivity contribution is 7.86. The van der Waals surface area contributed by atoms with Crippen molar-refractivity contribution in [3.05, 3.63) is 34.9 Å². The number of aryl methyl sites for hydroxylation is 1. The molecule has 5 nitrogen and oxygen atoms in total. The first-order chi connectivity index (χ1) is 8.66. The van der Waals surface area contributed by atoms with Crippen LogP contribution in [0.4, 0.5) is 0 Å². The fourth-order valence-corrected chi connectivity index (χ4v) is 2.59. The van der Waals surface area contributed by atoms with Crippen molar-refractivity contribution in [1.82, 2.24) is 0 Å². The van der Waals surface area contributed by atoms with E-state index in [0.717, 1.165) is 11.1 Å². The third-order valence-corrected chi connectivity index (χ3v) is 4.88. The van der Waals surface area contributed by atoms with Crippen molar-refractivity contribution in [2.24, 2.45) is 5.73 Å². The number of primary amides is 1. The third kappa shape index (κ3) is 3.41. The Morgan fingerprint density at radius 2 is 1.95 bits per heavy atom. The maximum Gasteiger partial charge on any atom is 0.321 e. The van der Waals surface area contributed by atoms with Gasteiger partial charge in [-0.15, -0.1) is 0 Å². The third-order valence-electron chi connectivity index (χ3n) is 3.00. The second-order valence-corrected chi connectivity index (χ2v) is 6.81. The Bertz CT molecular complexity index is 552. The topological polar surface area (TPSA) is 97.5 Å². The molecule has 0 saturated heterocycles. The molecule has 0 spiro atoms. The molecule has 1 atom stereocenters. The summed E-state index contributed by atoms with van der Waals surface area (Å²) >= 11 is 0. The first kappa shape index (κ1) is 15.4. The Hall–Kier alpha value is -1.69. The minimum Gasteiger partial charge on any atom is -0.480 e. The van der Waals surface area contributed by atoms with Crippen LogP contribution in [0.2, 0.25) is 0 Å². The number of hydrogen-bond donors (Lipinski definition) is 2. The van der Waals surface area contributed by atoms with Crippen LogP contribution in [0, 0.1) is 6.92 Å². The largest absolute Gasteiger partial charge is 0.480 e. The lowest BCUT2D eigenvalue weighted by Gasteiger charge is -2.19. The summed E-state index contributed by atoms with van der Waals surface area (Å²) in [5, 5.41) is 9.02. The quantitative estimate of drug-likeness (QED) is 0.848. The van der Waals surface area contributed by atoms with E-state index in [1.807, 2.05) is 0 Å². The Morgan fingerprint density at radius 3 is 2.37 bits per heavy atom. The molecule has 19 heavy (non-hydrogen) atoms. The summed E-state index contributed by atoms with van der Waals surface area (Å²) in [6, 6.07) is 4.82. The van der Waals surface area contributed by atoms with E-state index in [0.29, 0.717) is 5.56 Å². The molecule has 0 aromatic heterocycles. The van der Waals surface area contributed by atoms with E-state index in [4.69, 9.17) is 10.8 Å². The monoisotopic (exact) mass is 283 g/mol. The van der Waals surface area contributed by atoms with Crippen LogP contribution >= 0.6 is 0 Å². The maximum atomic E-state index is 12.1. The fraction of sp³-hybridized carbons (Fsp3) is 0.385. The van der Waals surface area contributed by atoms with E-state index in [-0.39, 0.29) is 5.75 Å². The van der Waals surface area contributed by atoms with Gasteiger partial charge >= 0.3 is 5.97 Å². The van der Waals surface area contributed by atoms with Crippen molar-refractivity contribution in [2.45, 2.75) is 31.3 Å². The van der Waals surface area contributed by atoms with Gasteiger partial charge in [0.25, 0.3) is 0 Å². The number of hydrogen-bond acceptors (Lipinski definition) is 3. The van der Waals surface area contributed by atoms with Crippen molar-refractivity contribution in [3.63, 3.8) is 0 Å². The Morgan fingerprint density at radius 1 is 1.37 bits per heavy atom. The normalized spacial score (nSPS) is 13.0. The van der Waals surface area contributed by atoms with Crippen molar-refractivity contribution < 1.29 is 18.9 Å². The summed E-state index contributed by atoms with van der Waals surface area (Å²) in [4.78, 5) is 22.0. The van der Waals surface area contributed by atoms with Crippen LogP contribution in [-0.4, -0.2) is 25.9 Å². The summed E-state index contributed by atoms with van der Waals surface area (Å²) in [7, 11) is -1.55. The van der Waals surface area contributed by atoms with Gasteiger partial charge in [-0.05, 0) is 44.0 Å². The van der Waals surface area contributed by atoms with Crippen molar-refractivity contribution in [2.75, 3.05) is 0 Å². The zero-order valence-electron chi connectivity index (χ0n) is 11.1. The van der Waals surface area contributed by atoms with Gasteiger partial charge in [0.1, 0.15) is 4.75 Å². The molecule has 1 aromatic rings. The highest BCUT2D eigenvalue weighted by atomic mass is 32.2. The lowest BCUT2D eigenvalue weighted by molar-refractivity contribution is -0.139. The van der Waals surface area contributed by atoms with Gasteiger partial charge in [0.2, 0.25) is 5.91 Å². The number of nitrogens with two attached hydrogens (primary N) is 1. The van der Waals surface area contributed by atoms with E-state index in [9.17, 15) is 13.8 Å². The molecule has 0 aliphatic rings. The molecular formula is C13H17NO4S. The van der Waals surface area contributed by atoms with Gasteiger partial charge in [0.05, 0.1) is 0 Å². The first-order valence-electron chi connectivity index (χ1n) is 5.67. The first-order valence-corrected chi connectivity index (χ1v) is 6.99. The van der Waals surface area contributed by atoms with Gasteiger partial charge in [0.15, 0.2) is 0 Å². The zero-order valence-corrected chi connectivity index (χ0v) is 11.9. The molecule has 1 unspecified atom stereocenters. The number of carbonyl (C=O) groups is 2. The average Bonchev–Trinajstić information content (AvgIpc) is 2.30. The summed E-state index contributed by atoms with van der Waals surface area (Å²) < 4.78 is 10.8. The van der Waals surface area contributed by atoms with Crippen LogP contribution in [-0.2, 0) is 21.3 Å². The minimum absolute atomic E-state index is 0.129. The number of carbonyl (C=O) groups excluding carboxylic acids is 1. The van der Waals surface area contributed by atoms with E-state index in [1.165, 1.54) is 13.8 Å². The van der Waals surface area contributed by atoms with Crippen LogP contribution in [0.1, 0.15) is 35.3 Å². The Kier molecular flexibility index (Phi) is 4.47. The molecule has 6 heteroatoms. The molecule has 1 rings (SSSR count). The second kappa shape index (κ2) is 5.52. The van der Waals surface area contributed by atoms with Gasteiger partial charge in [0, 0.05) is 22.1 Å². The van der Waals surface area contributed by atoms with Crippen LogP contribution in [0.3, 0.4) is 0 Å². The standard InChI is InChI=1S/C13H17NO4S/c1-8-6-9(11(14)15)4-5-10(8)7-19(18)13(2,3)12(16)17/h4-6H,7H2,1-3H3,(H2,14,15)(H,16,17). The zero-order chi connectivity index (χ0) is 14.8. The molecule has 0 fully saturated rings. The second-order valence-electron chi connectivity index (χ2n) is 4.81. The summed E-state index contributed by atoms with van der Waals surface area (Å²) in [6.07, 6.45) is 0. The van der Waals surface area contributed by atoms with Crippen LogP contribution in [0.5, 0.6) is 0 Å². The minimum atomic E-state index is -1.55. The molecule has 0 aliphatic heterocycles. The molecule has 1 aromatic carbocycles. The van der Waals surface area contributed by atoms with E-state index >= 15 is 0 Å². The molecule has 1 amide bonds. The highest BCUT2D eigenvalue weighted by Crippen LogP contribution is 2.20. The predicted molar refractivity (Wildman–Crippen MR) is 73.3 cm³/mol. The van der Waals surface area contributed by atoms with Crippen LogP contribution < -0.4 is 5.73 Å². The number of benzene rings is 1. The van der Waals surface area contributed by atoms with Gasteiger partial charge in [-0.3, -0.25) is 13.8 Å². The van der Waals surface area contributed by atoms with E-state index in [2.05, 4.69) is 0 Å². The number of carboxylic acids is 1. The van der Waals surface area contributed by atoms with Crippen LogP contribution in [0.15, 0.2) is 18.2 Å². The molecule has 0 saturated carbocycles. The summed E-state index contributed by atoms with van der Waals surface area (Å²) in [5.41, 5.74) is 7.06. The summed E-state index contributed by atoms with van der Waals surface area (Å²) in [5.74, 6) is -1.50. The van der Waals surface area contributed by atoms with Gasteiger partial charge < -0.3 is 10.8 Å². The molecule has 0 bridgehead atoms. The van der Waals surface area contributed by atoms with Gasteiger partial charge in [-0.2, -0.15) is 0 Å². The van der Waals surface area contributed by atoms with Gasteiger partial charge in [-0.1, -0.05) is 6.07 Å². The molecular weight excluding hydrogens is 266 g/mol. The molecule has 0 heterocycles. The van der Waals surface area contributed by atoms with Crippen molar-refractivity contribution in [1.29, 1.82) is 0 Å². The van der Waals surface area contributed by atoms with Crippen LogP contribution in [0.25, 0.3) is 0 Å². The molecule has 3 N–H and O–H groups in total. The molecule has 0 aliphatic carbocycles. The lowest BCUT2D eigenvalue weighted by Crippen LogP contribution is -2.37. The molecule has 0 radical (unpaired) electrons. The van der Waals surface area contributed by atoms with Crippen molar-refractivity contribution in [3.8, 4) is 0 Å². The highest BCUT2D eigenvalue weighted by Gasteiger charge is 2.34. The number of carboxylic acid groups (broad SMARTS) is 1. The Balaban J connectivity index is 2.98. The van der Waals surface area contributed by atoms with Crippen molar-refractivity contribution >= 4 is 22.7 Å². The summed E-state index contributed by atoms with van der Waals surface area (Å²) in [6.45, 7) is 4.63. The number of amides is 1. The van der Waals surface area contributed by atoms with Gasteiger partial charge in [-0.25, -0.2) is 0 Å². The number of aliphatic carboxylic acids is 1. The molecule has 104 valence electrons. The Labute approximate surface area is 114 Å². The SMILES string of the molecule is Cc1cc(C(N)=O)ccc1CS(=O)C(C)(C)C(=O)O. The fourth-order valence-electron chi connectivity index (χ4n) is 1.43. The lowest BCUT2D eigenvalue weighted by atomic mass is 10.1. The maximum absolute atomic E-state index is 12.1.